The zero-order chi connectivity index (χ0) is 19.6. The Hall–Kier alpha value is -2.21. The van der Waals surface area contributed by atoms with Gasteiger partial charge in [0.15, 0.2) is 6.10 Å². The summed E-state index contributed by atoms with van der Waals surface area (Å²) in [4.78, 5) is 12.3. The molecule has 0 aromatic heterocycles. The van der Waals surface area contributed by atoms with Crippen LogP contribution in [0.3, 0.4) is 0 Å². The highest BCUT2D eigenvalue weighted by atomic mass is 35.5. The van der Waals surface area contributed by atoms with E-state index in [2.05, 4.69) is 5.32 Å². The molecule has 0 heterocycles. The lowest BCUT2D eigenvalue weighted by Gasteiger charge is -2.19. The molecule has 3 nitrogen and oxygen atoms in total. The van der Waals surface area contributed by atoms with Crippen molar-refractivity contribution < 1.29 is 22.7 Å². The first-order chi connectivity index (χ1) is 12.7. The molecule has 0 aliphatic heterocycles. The lowest BCUT2D eigenvalue weighted by atomic mass is 9.92. The topological polar surface area (TPSA) is 38.3 Å². The summed E-state index contributed by atoms with van der Waals surface area (Å²) >= 11 is 5.59. The van der Waals surface area contributed by atoms with E-state index in [1.807, 2.05) is 18.2 Å². The molecule has 1 N–H and O–H groups in total. The van der Waals surface area contributed by atoms with Gasteiger partial charge in [-0.1, -0.05) is 17.7 Å². The number of halogens is 4. The third-order valence-electron chi connectivity index (χ3n) is 4.54. The summed E-state index contributed by atoms with van der Waals surface area (Å²) in [6.45, 7) is 1.55. The van der Waals surface area contributed by atoms with Crippen LogP contribution < -0.4 is 10.1 Å². The van der Waals surface area contributed by atoms with Gasteiger partial charge in [-0.2, -0.15) is 13.2 Å². The first kappa shape index (κ1) is 19.5. The minimum atomic E-state index is -4.59. The summed E-state index contributed by atoms with van der Waals surface area (Å²) in [5.41, 5.74) is 1.54. The quantitative estimate of drug-likeness (QED) is 0.724. The molecule has 0 saturated carbocycles. The smallest absolute Gasteiger partial charge is 0.417 e. The maximum Gasteiger partial charge on any atom is 0.417 e. The minimum absolute atomic E-state index is 0.0117. The lowest BCUT2D eigenvalue weighted by molar-refractivity contribution is -0.137. The molecule has 1 aliphatic rings. The van der Waals surface area contributed by atoms with Gasteiger partial charge < -0.3 is 10.1 Å². The molecule has 0 fully saturated rings. The number of carbonyl (C=O) groups is 1. The summed E-state index contributed by atoms with van der Waals surface area (Å²) in [6, 6.07) is 8.99. The van der Waals surface area contributed by atoms with Gasteiger partial charge in [0.1, 0.15) is 5.75 Å². The van der Waals surface area contributed by atoms with E-state index in [-0.39, 0.29) is 5.69 Å². The molecule has 0 saturated heterocycles. The molecule has 1 aliphatic carbocycles. The number of fused-ring (bicyclic) bond motifs is 1. The average Bonchev–Trinajstić information content (AvgIpc) is 2.62. The van der Waals surface area contributed by atoms with Crippen molar-refractivity contribution in [1.82, 2.24) is 0 Å². The number of carbonyl (C=O) groups excluding carboxylic acids is 1. The van der Waals surface area contributed by atoms with Gasteiger partial charge in [-0.3, -0.25) is 4.79 Å². The van der Waals surface area contributed by atoms with E-state index in [1.165, 1.54) is 23.6 Å². The van der Waals surface area contributed by atoms with Gasteiger partial charge in [0.05, 0.1) is 10.6 Å². The van der Waals surface area contributed by atoms with Crippen LogP contribution in [-0.4, -0.2) is 12.0 Å². The van der Waals surface area contributed by atoms with Crippen molar-refractivity contribution in [2.24, 2.45) is 0 Å². The van der Waals surface area contributed by atoms with Crippen molar-refractivity contribution in [2.45, 2.75) is 44.9 Å². The van der Waals surface area contributed by atoms with Crippen molar-refractivity contribution in [3.8, 4) is 5.75 Å². The third kappa shape index (κ3) is 4.75. The second kappa shape index (κ2) is 7.80. The molecule has 7 heteroatoms. The highest BCUT2D eigenvalue weighted by molar-refractivity contribution is 6.31. The first-order valence-corrected chi connectivity index (χ1v) is 9.08. The third-order valence-corrected chi connectivity index (χ3v) is 4.87. The van der Waals surface area contributed by atoms with Crippen LogP contribution in [0.1, 0.15) is 36.5 Å². The molecule has 27 heavy (non-hydrogen) atoms. The number of hydrogen-bond donors (Lipinski definition) is 1. The van der Waals surface area contributed by atoms with Gasteiger partial charge in [0, 0.05) is 5.69 Å². The number of ether oxygens (including phenoxy) is 1. The van der Waals surface area contributed by atoms with Crippen LogP contribution in [0.2, 0.25) is 5.02 Å². The molecule has 3 rings (SSSR count). The maximum atomic E-state index is 12.9. The number of hydrogen-bond acceptors (Lipinski definition) is 2. The van der Waals surface area contributed by atoms with Crippen LogP contribution in [0, 0.1) is 0 Å². The molecule has 144 valence electrons. The number of nitrogens with one attached hydrogen (secondary N) is 1. The van der Waals surface area contributed by atoms with Crippen molar-refractivity contribution in [2.75, 3.05) is 5.32 Å². The average molecular weight is 398 g/mol. The van der Waals surface area contributed by atoms with Gasteiger partial charge in [-0.05, 0) is 74.1 Å². The predicted octanol–water partition coefficient (Wildman–Crippen LogP) is 5.64. The molecular formula is C20H19ClF3NO2. The summed E-state index contributed by atoms with van der Waals surface area (Å²) in [7, 11) is 0. The van der Waals surface area contributed by atoms with Crippen LogP contribution in [-0.2, 0) is 23.8 Å². The van der Waals surface area contributed by atoms with Gasteiger partial charge in [-0.25, -0.2) is 0 Å². The highest BCUT2D eigenvalue weighted by Gasteiger charge is 2.33. The largest absolute Gasteiger partial charge is 0.481 e. The molecule has 2 aromatic carbocycles. The van der Waals surface area contributed by atoms with Crippen LogP contribution in [0.5, 0.6) is 5.75 Å². The summed E-state index contributed by atoms with van der Waals surface area (Å²) in [5, 5.41) is 2.02. The summed E-state index contributed by atoms with van der Waals surface area (Å²) in [6.07, 6.45) is -1.13. The van der Waals surface area contributed by atoms with E-state index < -0.39 is 28.8 Å². The second-order valence-electron chi connectivity index (χ2n) is 6.58. The first-order valence-electron chi connectivity index (χ1n) is 8.70. The number of benzene rings is 2. The molecule has 1 atom stereocenters. The van der Waals surface area contributed by atoms with Gasteiger partial charge in [-0.15, -0.1) is 0 Å². The fraction of sp³-hybridized carbons (Fsp3) is 0.350. The molecule has 0 radical (unpaired) electrons. The van der Waals surface area contributed by atoms with Crippen molar-refractivity contribution in [3.05, 3.63) is 58.1 Å². The zero-order valence-electron chi connectivity index (χ0n) is 14.7. The molecular weight excluding hydrogens is 379 g/mol. The Labute approximate surface area is 160 Å². The van der Waals surface area contributed by atoms with Crippen molar-refractivity contribution >= 4 is 23.2 Å². The normalized spacial score (nSPS) is 15.0. The monoisotopic (exact) mass is 397 g/mol. The highest BCUT2D eigenvalue weighted by Crippen LogP contribution is 2.36. The Morgan fingerprint density at radius 3 is 2.52 bits per heavy atom. The van der Waals surface area contributed by atoms with E-state index in [4.69, 9.17) is 16.3 Å². The van der Waals surface area contributed by atoms with Crippen molar-refractivity contribution in [1.29, 1.82) is 0 Å². The molecule has 0 spiro atoms. The zero-order valence-corrected chi connectivity index (χ0v) is 15.5. The van der Waals surface area contributed by atoms with Crippen LogP contribution in [0.4, 0.5) is 18.9 Å². The Morgan fingerprint density at radius 2 is 1.81 bits per heavy atom. The maximum absolute atomic E-state index is 12.9. The number of rotatable bonds is 4. The Balaban J connectivity index is 1.68. The second-order valence-corrected chi connectivity index (χ2v) is 6.99. The lowest BCUT2D eigenvalue weighted by Crippen LogP contribution is -2.30. The Morgan fingerprint density at radius 1 is 1.11 bits per heavy atom. The van der Waals surface area contributed by atoms with E-state index in [1.54, 1.807) is 6.92 Å². The molecule has 1 amide bonds. The molecule has 1 unspecified atom stereocenters. The van der Waals surface area contributed by atoms with E-state index in [0.717, 1.165) is 31.4 Å². The van der Waals surface area contributed by atoms with Crippen LogP contribution in [0.15, 0.2) is 36.4 Å². The standard InChI is InChI=1S/C20H19ClF3NO2/c1-12(27-16-8-6-13-4-2-3-5-14(13)10-16)19(26)25-15-7-9-18(21)17(11-15)20(22,23)24/h6-12H,2-5H2,1H3,(H,25,26). The fourth-order valence-corrected chi connectivity index (χ4v) is 3.33. The van der Waals surface area contributed by atoms with Gasteiger partial charge in [0.2, 0.25) is 0 Å². The van der Waals surface area contributed by atoms with Gasteiger partial charge in [0.25, 0.3) is 5.91 Å². The SMILES string of the molecule is CC(Oc1ccc2c(c1)CCCC2)C(=O)Nc1ccc(Cl)c(C(F)(F)F)c1. The fourth-order valence-electron chi connectivity index (χ4n) is 3.10. The summed E-state index contributed by atoms with van der Waals surface area (Å²) in [5.74, 6) is 0.0357. The van der Waals surface area contributed by atoms with Gasteiger partial charge >= 0.3 is 6.18 Å². The Bertz CT molecular complexity index is 852. The Kier molecular flexibility index (Phi) is 5.65. The van der Waals surface area contributed by atoms with Crippen LogP contribution >= 0.6 is 11.6 Å². The number of amides is 1. The number of alkyl halides is 3. The van der Waals surface area contributed by atoms with E-state index in [9.17, 15) is 18.0 Å². The number of aryl methyl sites for hydroxylation is 2. The van der Waals surface area contributed by atoms with Crippen molar-refractivity contribution in [3.63, 3.8) is 0 Å². The minimum Gasteiger partial charge on any atom is -0.481 e. The predicted molar refractivity (Wildman–Crippen MR) is 98.3 cm³/mol. The number of anilines is 1. The van der Waals surface area contributed by atoms with Crippen LogP contribution in [0.25, 0.3) is 0 Å². The molecule has 0 bridgehead atoms. The summed E-state index contributed by atoms with van der Waals surface area (Å²) < 4.78 is 44.5. The van der Waals surface area contributed by atoms with E-state index >= 15 is 0 Å². The van der Waals surface area contributed by atoms with E-state index in [0.29, 0.717) is 5.75 Å². The molecule has 2 aromatic rings.